The summed E-state index contributed by atoms with van der Waals surface area (Å²) < 4.78 is 5.75. The number of hydrogen-bond acceptors (Lipinski definition) is 4. The molecule has 1 aromatic rings. The van der Waals surface area contributed by atoms with E-state index in [9.17, 15) is 9.90 Å². The summed E-state index contributed by atoms with van der Waals surface area (Å²) in [5, 5.41) is 10.9. The average molecular weight is 342 g/mol. The lowest BCUT2D eigenvalue weighted by atomic mass is 9.62. The van der Waals surface area contributed by atoms with Crippen molar-refractivity contribution in [1.29, 1.82) is 0 Å². The third kappa shape index (κ3) is 2.88. The quantitative estimate of drug-likeness (QED) is 0.840. The summed E-state index contributed by atoms with van der Waals surface area (Å²) in [7, 11) is 1.41. The highest BCUT2D eigenvalue weighted by Crippen LogP contribution is 2.49. The van der Waals surface area contributed by atoms with Crippen LogP contribution in [0.3, 0.4) is 0 Å². The Morgan fingerprint density at radius 1 is 1.50 bits per heavy atom. The molecule has 1 fully saturated rings. The van der Waals surface area contributed by atoms with Gasteiger partial charge in [-0.25, -0.2) is 0 Å². The zero-order chi connectivity index (χ0) is 15.0. The second kappa shape index (κ2) is 5.45. The largest absolute Gasteiger partial charge is 0.469 e. The van der Waals surface area contributed by atoms with Crippen molar-refractivity contribution < 1.29 is 14.6 Å². The normalized spacial score (nSPS) is 28.9. The summed E-state index contributed by atoms with van der Waals surface area (Å²) in [6.45, 7) is 4.00. The number of halogens is 1. The van der Waals surface area contributed by atoms with Gasteiger partial charge in [0.1, 0.15) is 5.60 Å². The van der Waals surface area contributed by atoms with E-state index in [-0.39, 0.29) is 17.3 Å². The van der Waals surface area contributed by atoms with Crippen molar-refractivity contribution in [3.8, 4) is 0 Å². The Balaban J connectivity index is 2.25. The number of ether oxygens (including phenoxy) is 1. The van der Waals surface area contributed by atoms with Gasteiger partial charge in [-0.05, 0) is 52.7 Å². The van der Waals surface area contributed by atoms with E-state index in [1.165, 1.54) is 7.11 Å². The number of aliphatic hydroxyl groups is 1. The number of hydrogen-bond donors (Lipinski definition) is 1. The van der Waals surface area contributed by atoms with Crippen LogP contribution in [0.15, 0.2) is 22.8 Å². The third-order valence-electron chi connectivity index (χ3n) is 4.23. The Bertz CT molecular complexity index is 500. The van der Waals surface area contributed by atoms with Crippen LogP contribution in [0.4, 0.5) is 0 Å². The molecule has 1 aliphatic rings. The number of pyridine rings is 1. The molecule has 1 aliphatic carbocycles. The lowest BCUT2D eigenvalue weighted by Crippen LogP contribution is -2.45. The fraction of sp³-hybridized carbons (Fsp3) is 0.600. The molecule has 5 heteroatoms. The van der Waals surface area contributed by atoms with Gasteiger partial charge in [0.25, 0.3) is 0 Å². The number of carbonyl (C=O) groups is 1. The molecule has 1 aromatic heterocycles. The monoisotopic (exact) mass is 341 g/mol. The molecule has 2 atom stereocenters. The second-order valence-electron chi connectivity index (χ2n) is 6.17. The van der Waals surface area contributed by atoms with E-state index in [1.807, 2.05) is 26.0 Å². The Kier molecular flexibility index (Phi) is 4.21. The van der Waals surface area contributed by atoms with E-state index >= 15 is 0 Å². The SMILES string of the molecule is COC(=O)[C@H]1CC[C@](O)(c2ccc(Br)cn2)CC1(C)C. The van der Waals surface area contributed by atoms with Gasteiger partial charge in [0.05, 0.1) is 18.7 Å². The van der Waals surface area contributed by atoms with Crippen LogP contribution in [0, 0.1) is 11.3 Å². The van der Waals surface area contributed by atoms with E-state index in [4.69, 9.17) is 4.74 Å². The predicted octanol–water partition coefficient (Wildman–Crippen LogP) is 3.03. The van der Waals surface area contributed by atoms with E-state index in [0.29, 0.717) is 25.0 Å². The van der Waals surface area contributed by atoms with Crippen LogP contribution in [0.5, 0.6) is 0 Å². The topological polar surface area (TPSA) is 59.4 Å². The lowest BCUT2D eigenvalue weighted by Gasteiger charge is -2.45. The molecule has 1 saturated carbocycles. The fourth-order valence-electron chi connectivity index (χ4n) is 3.19. The molecule has 0 amide bonds. The maximum atomic E-state index is 11.8. The van der Waals surface area contributed by atoms with Crippen molar-refractivity contribution in [3.05, 3.63) is 28.5 Å². The highest BCUT2D eigenvalue weighted by Gasteiger charge is 2.48. The first-order chi connectivity index (χ1) is 9.28. The molecule has 0 radical (unpaired) electrons. The van der Waals surface area contributed by atoms with Crippen molar-refractivity contribution in [1.82, 2.24) is 4.98 Å². The second-order valence-corrected chi connectivity index (χ2v) is 7.09. The van der Waals surface area contributed by atoms with E-state index in [1.54, 1.807) is 6.20 Å². The van der Waals surface area contributed by atoms with Gasteiger partial charge in [-0.2, -0.15) is 0 Å². The van der Waals surface area contributed by atoms with Crippen LogP contribution in [0.25, 0.3) is 0 Å². The van der Waals surface area contributed by atoms with Gasteiger partial charge in [0, 0.05) is 10.7 Å². The molecule has 110 valence electrons. The highest BCUT2D eigenvalue weighted by molar-refractivity contribution is 9.10. The van der Waals surface area contributed by atoms with Crippen molar-refractivity contribution in [2.45, 2.75) is 38.7 Å². The van der Waals surface area contributed by atoms with Gasteiger partial charge in [0.15, 0.2) is 0 Å². The van der Waals surface area contributed by atoms with Crippen LogP contribution in [-0.2, 0) is 15.1 Å². The first kappa shape index (κ1) is 15.4. The van der Waals surface area contributed by atoms with Crippen LogP contribution in [0.1, 0.15) is 38.8 Å². The van der Waals surface area contributed by atoms with Gasteiger partial charge in [-0.15, -0.1) is 0 Å². The average Bonchev–Trinajstić information content (AvgIpc) is 2.37. The molecule has 1 N–H and O–H groups in total. The van der Waals surface area contributed by atoms with E-state index in [0.717, 1.165) is 4.47 Å². The van der Waals surface area contributed by atoms with Gasteiger partial charge in [0.2, 0.25) is 0 Å². The summed E-state index contributed by atoms with van der Waals surface area (Å²) >= 11 is 3.34. The first-order valence-electron chi connectivity index (χ1n) is 6.71. The summed E-state index contributed by atoms with van der Waals surface area (Å²) in [6.07, 6.45) is 3.31. The standard InChI is InChI=1S/C15H20BrNO3/c1-14(2)9-15(19,7-6-11(14)13(18)20-3)12-5-4-10(16)8-17-12/h4-5,8,11,19H,6-7,9H2,1-3H3/t11-,15-/m1/s1. The van der Waals surface area contributed by atoms with Crippen molar-refractivity contribution in [2.75, 3.05) is 7.11 Å². The minimum Gasteiger partial charge on any atom is -0.469 e. The summed E-state index contributed by atoms with van der Waals surface area (Å²) in [5.74, 6) is -0.371. The van der Waals surface area contributed by atoms with E-state index in [2.05, 4.69) is 20.9 Å². The van der Waals surface area contributed by atoms with Gasteiger partial charge >= 0.3 is 5.97 Å². The van der Waals surface area contributed by atoms with E-state index < -0.39 is 5.60 Å². The maximum absolute atomic E-state index is 11.8. The lowest BCUT2D eigenvalue weighted by molar-refractivity contribution is -0.158. The molecule has 0 aliphatic heterocycles. The molecule has 0 saturated heterocycles. The van der Waals surface area contributed by atoms with Gasteiger partial charge in [-0.3, -0.25) is 9.78 Å². The Labute approximate surface area is 127 Å². The number of aromatic nitrogens is 1. The number of esters is 1. The molecule has 4 nitrogen and oxygen atoms in total. The number of carbonyl (C=O) groups excluding carboxylic acids is 1. The maximum Gasteiger partial charge on any atom is 0.309 e. The number of nitrogens with zero attached hydrogens (tertiary/aromatic N) is 1. The van der Waals surface area contributed by atoms with Crippen LogP contribution in [-0.4, -0.2) is 23.2 Å². The van der Waals surface area contributed by atoms with Gasteiger partial charge in [-0.1, -0.05) is 13.8 Å². The zero-order valence-corrected chi connectivity index (χ0v) is 13.6. The Morgan fingerprint density at radius 2 is 2.20 bits per heavy atom. The molecular weight excluding hydrogens is 322 g/mol. The highest BCUT2D eigenvalue weighted by atomic mass is 79.9. The smallest absolute Gasteiger partial charge is 0.309 e. The molecular formula is C15H20BrNO3. The summed E-state index contributed by atoms with van der Waals surface area (Å²) in [5.41, 5.74) is -0.638. The predicted molar refractivity (Wildman–Crippen MR) is 79.0 cm³/mol. The van der Waals surface area contributed by atoms with Crippen LogP contribution >= 0.6 is 15.9 Å². The first-order valence-corrected chi connectivity index (χ1v) is 7.50. The fourth-order valence-corrected chi connectivity index (χ4v) is 3.42. The Hall–Kier alpha value is -0.940. The number of methoxy groups -OCH3 is 1. The van der Waals surface area contributed by atoms with Crippen LogP contribution in [0.2, 0.25) is 0 Å². The zero-order valence-electron chi connectivity index (χ0n) is 12.0. The molecule has 0 spiro atoms. The minimum absolute atomic E-state index is 0.178. The molecule has 1 heterocycles. The molecule has 0 aromatic carbocycles. The molecule has 20 heavy (non-hydrogen) atoms. The van der Waals surface area contributed by atoms with Gasteiger partial charge < -0.3 is 9.84 Å². The minimum atomic E-state index is -0.977. The summed E-state index contributed by atoms with van der Waals surface area (Å²) in [4.78, 5) is 16.2. The number of rotatable bonds is 2. The Morgan fingerprint density at radius 3 is 2.70 bits per heavy atom. The van der Waals surface area contributed by atoms with Crippen LogP contribution < -0.4 is 0 Å². The van der Waals surface area contributed by atoms with Crippen molar-refractivity contribution in [2.24, 2.45) is 11.3 Å². The third-order valence-corrected chi connectivity index (χ3v) is 4.70. The molecule has 0 unspecified atom stereocenters. The molecule has 2 rings (SSSR count). The summed E-state index contributed by atoms with van der Waals surface area (Å²) in [6, 6.07) is 3.71. The molecule has 0 bridgehead atoms. The van der Waals surface area contributed by atoms with Crippen molar-refractivity contribution in [3.63, 3.8) is 0 Å². The van der Waals surface area contributed by atoms with Crippen molar-refractivity contribution >= 4 is 21.9 Å².